The van der Waals surface area contributed by atoms with Crippen LogP contribution in [0.5, 0.6) is 0 Å². The maximum absolute atomic E-state index is 10.7. The first-order valence-corrected chi connectivity index (χ1v) is 9.66. The number of hydrogen-bond donors (Lipinski definition) is 3. The quantitative estimate of drug-likeness (QED) is 0.232. The second-order valence-corrected chi connectivity index (χ2v) is 6.42. The molecule has 3 N–H and O–H groups in total. The summed E-state index contributed by atoms with van der Waals surface area (Å²) in [7, 11) is 0. The Balaban J connectivity index is 0.00000676. The number of ether oxygens (including phenoxy) is 1. The topological polar surface area (TPSA) is 105 Å². The first kappa shape index (κ1) is 26.1. The molecule has 1 aromatic rings. The summed E-state index contributed by atoms with van der Waals surface area (Å²) in [6.45, 7) is 12.0. The van der Waals surface area contributed by atoms with E-state index in [2.05, 4.69) is 39.6 Å². The minimum atomic E-state index is -0.718. The van der Waals surface area contributed by atoms with E-state index in [0.29, 0.717) is 30.8 Å². The molecule has 0 aliphatic heterocycles. The molecule has 0 aromatic carbocycles. The van der Waals surface area contributed by atoms with Gasteiger partial charge in [0.2, 0.25) is 5.89 Å². The maximum Gasteiger partial charge on any atom is 0.248 e. The number of nitrogens with zero attached hydrogens (tertiary/aromatic N) is 3. The molecule has 0 radical (unpaired) electrons. The van der Waals surface area contributed by atoms with Crippen molar-refractivity contribution in [1.82, 2.24) is 20.8 Å². The van der Waals surface area contributed by atoms with Crippen LogP contribution >= 0.6 is 24.0 Å². The van der Waals surface area contributed by atoms with Gasteiger partial charge in [0.05, 0.1) is 5.60 Å². The zero-order chi connectivity index (χ0) is 19.4. The van der Waals surface area contributed by atoms with E-state index in [-0.39, 0.29) is 36.6 Å². The molecule has 0 bridgehead atoms. The van der Waals surface area contributed by atoms with E-state index in [0.717, 1.165) is 32.2 Å². The fourth-order valence-electron chi connectivity index (χ4n) is 2.79. The van der Waals surface area contributed by atoms with Crippen LogP contribution < -0.4 is 10.6 Å². The summed E-state index contributed by atoms with van der Waals surface area (Å²) in [6, 6.07) is 0. The number of aliphatic hydroxyl groups is 1. The van der Waals surface area contributed by atoms with E-state index >= 15 is 0 Å². The van der Waals surface area contributed by atoms with E-state index in [1.165, 1.54) is 0 Å². The first-order valence-electron chi connectivity index (χ1n) is 9.66. The minimum absolute atomic E-state index is 0. The summed E-state index contributed by atoms with van der Waals surface area (Å²) in [5, 5.41) is 21.1. The lowest BCUT2D eigenvalue weighted by molar-refractivity contribution is 0.0257. The number of nitrogens with one attached hydrogen (secondary N) is 2. The molecule has 1 atom stereocenters. The van der Waals surface area contributed by atoms with Crippen LogP contribution in [0, 0.1) is 0 Å². The molecule has 1 aromatic heterocycles. The summed E-state index contributed by atoms with van der Waals surface area (Å²) in [4.78, 5) is 8.79. The lowest BCUT2D eigenvalue weighted by Gasteiger charge is -2.28. The lowest BCUT2D eigenvalue weighted by Crippen LogP contribution is -2.47. The van der Waals surface area contributed by atoms with Crippen LogP contribution in [-0.4, -0.2) is 46.5 Å². The summed E-state index contributed by atoms with van der Waals surface area (Å²) in [6.07, 6.45) is 3.19. The molecule has 8 nitrogen and oxygen atoms in total. The van der Waals surface area contributed by atoms with Gasteiger partial charge in [0.25, 0.3) is 0 Å². The molecule has 0 spiro atoms. The van der Waals surface area contributed by atoms with Gasteiger partial charge in [-0.25, -0.2) is 4.99 Å². The van der Waals surface area contributed by atoms with Crippen molar-refractivity contribution in [3.05, 3.63) is 11.7 Å². The fourth-order valence-corrected chi connectivity index (χ4v) is 2.79. The standard InChI is InChI=1S/C18H35N5O3.HI/c1-6-10-18(24,11-7-2)13-21-17(19-8-3)20-12-15-22-16(23-26-15)14(5)25-9-4;/h14,24H,6-13H2,1-5H3,(H2,19,20,21);1H. The monoisotopic (exact) mass is 497 g/mol. The first-order chi connectivity index (χ1) is 12.5. The van der Waals surface area contributed by atoms with Crippen molar-refractivity contribution in [2.75, 3.05) is 19.7 Å². The Morgan fingerprint density at radius 2 is 1.89 bits per heavy atom. The Kier molecular flexibility index (Phi) is 13.6. The van der Waals surface area contributed by atoms with Gasteiger partial charge in [0.1, 0.15) is 12.6 Å². The smallest absolute Gasteiger partial charge is 0.248 e. The van der Waals surface area contributed by atoms with Crippen molar-refractivity contribution in [2.24, 2.45) is 4.99 Å². The number of aromatic nitrogens is 2. The predicted molar refractivity (Wildman–Crippen MR) is 117 cm³/mol. The van der Waals surface area contributed by atoms with Crippen molar-refractivity contribution in [1.29, 1.82) is 0 Å². The van der Waals surface area contributed by atoms with Crippen LogP contribution in [-0.2, 0) is 11.3 Å². The average molecular weight is 497 g/mol. The molecule has 158 valence electrons. The van der Waals surface area contributed by atoms with Crippen LogP contribution in [0.3, 0.4) is 0 Å². The van der Waals surface area contributed by atoms with Crippen LogP contribution in [0.1, 0.15) is 78.1 Å². The molecule has 9 heteroatoms. The molecule has 0 aliphatic carbocycles. The Labute approximate surface area is 180 Å². The largest absolute Gasteiger partial charge is 0.388 e. The molecule has 27 heavy (non-hydrogen) atoms. The SMILES string of the molecule is CCCC(O)(CCC)CNC(=NCc1nc(C(C)OCC)no1)NCC.I. The van der Waals surface area contributed by atoms with Crippen molar-refractivity contribution < 1.29 is 14.4 Å². The van der Waals surface area contributed by atoms with Gasteiger partial charge < -0.3 is 25.0 Å². The lowest BCUT2D eigenvalue weighted by atomic mass is 9.93. The number of aliphatic imine (C=N–C) groups is 1. The Bertz CT molecular complexity index is 533. The highest BCUT2D eigenvalue weighted by atomic mass is 127. The Hall–Kier alpha value is -0.940. The van der Waals surface area contributed by atoms with Crippen LogP contribution in [0.2, 0.25) is 0 Å². The molecule has 0 amide bonds. The third-order valence-electron chi connectivity index (χ3n) is 4.00. The van der Waals surface area contributed by atoms with Crippen molar-refractivity contribution in [3.63, 3.8) is 0 Å². The van der Waals surface area contributed by atoms with Gasteiger partial charge in [-0.05, 0) is 33.6 Å². The average Bonchev–Trinajstić information content (AvgIpc) is 3.07. The zero-order valence-electron chi connectivity index (χ0n) is 17.2. The normalized spacial score (nSPS) is 13.2. The van der Waals surface area contributed by atoms with Crippen molar-refractivity contribution in [3.8, 4) is 0 Å². The van der Waals surface area contributed by atoms with Gasteiger partial charge in [-0.15, -0.1) is 24.0 Å². The number of hydrogen-bond acceptors (Lipinski definition) is 6. The Morgan fingerprint density at radius 3 is 2.44 bits per heavy atom. The number of halogens is 1. The maximum atomic E-state index is 10.7. The minimum Gasteiger partial charge on any atom is -0.388 e. The van der Waals surface area contributed by atoms with Crippen molar-refractivity contribution in [2.45, 2.75) is 78.6 Å². The van der Waals surface area contributed by atoms with E-state index in [9.17, 15) is 5.11 Å². The predicted octanol–water partition coefficient (Wildman–Crippen LogP) is 3.17. The molecular weight excluding hydrogens is 461 g/mol. The highest BCUT2D eigenvalue weighted by Crippen LogP contribution is 2.18. The van der Waals surface area contributed by atoms with Gasteiger partial charge in [0.15, 0.2) is 11.8 Å². The van der Waals surface area contributed by atoms with E-state index in [1.54, 1.807) is 0 Å². The summed E-state index contributed by atoms with van der Waals surface area (Å²) in [5.74, 6) is 1.58. The van der Waals surface area contributed by atoms with Gasteiger partial charge in [0, 0.05) is 19.7 Å². The van der Waals surface area contributed by atoms with Crippen LogP contribution in [0.4, 0.5) is 0 Å². The third kappa shape index (κ3) is 9.70. The summed E-state index contributed by atoms with van der Waals surface area (Å²) in [5.41, 5.74) is -0.718. The molecule has 0 saturated carbocycles. The second-order valence-electron chi connectivity index (χ2n) is 6.42. The zero-order valence-corrected chi connectivity index (χ0v) is 19.6. The van der Waals surface area contributed by atoms with Crippen molar-refractivity contribution >= 4 is 29.9 Å². The fraction of sp³-hybridized carbons (Fsp3) is 0.833. The molecule has 1 heterocycles. The highest BCUT2D eigenvalue weighted by molar-refractivity contribution is 14.0. The number of guanidine groups is 1. The van der Waals surface area contributed by atoms with Gasteiger partial charge in [-0.1, -0.05) is 31.8 Å². The van der Waals surface area contributed by atoms with Gasteiger partial charge in [-0.3, -0.25) is 0 Å². The second kappa shape index (κ2) is 14.1. The number of rotatable bonds is 12. The van der Waals surface area contributed by atoms with Crippen LogP contribution in [0.25, 0.3) is 0 Å². The molecular formula is C18H36IN5O3. The molecule has 0 saturated heterocycles. The molecule has 1 rings (SSSR count). The van der Waals surface area contributed by atoms with Crippen LogP contribution in [0.15, 0.2) is 9.52 Å². The van der Waals surface area contributed by atoms with E-state index in [4.69, 9.17) is 9.26 Å². The molecule has 0 aliphatic rings. The van der Waals surface area contributed by atoms with E-state index < -0.39 is 5.60 Å². The summed E-state index contributed by atoms with van der Waals surface area (Å²) < 4.78 is 10.7. The molecule has 1 unspecified atom stereocenters. The van der Waals surface area contributed by atoms with E-state index in [1.807, 2.05) is 20.8 Å². The van der Waals surface area contributed by atoms with Gasteiger partial charge >= 0.3 is 0 Å². The summed E-state index contributed by atoms with van der Waals surface area (Å²) >= 11 is 0. The third-order valence-corrected chi connectivity index (χ3v) is 4.00. The highest BCUT2D eigenvalue weighted by Gasteiger charge is 2.25. The Morgan fingerprint density at radius 1 is 1.22 bits per heavy atom. The van der Waals surface area contributed by atoms with Gasteiger partial charge in [-0.2, -0.15) is 4.98 Å². The molecule has 0 fully saturated rings.